The molecule has 0 aliphatic rings. The first-order valence-corrected chi connectivity index (χ1v) is 11.3. The number of phenolic OH excluding ortho intramolecular Hbond substituents is 1. The molecule has 0 aliphatic heterocycles. The van der Waals surface area contributed by atoms with Gasteiger partial charge in [-0.1, -0.05) is 12.1 Å². The maximum atomic E-state index is 12.9. The van der Waals surface area contributed by atoms with Crippen LogP contribution in [0.1, 0.15) is 24.8 Å². The Hall–Kier alpha value is -3.85. The fraction of sp³-hybridized carbons (Fsp3) is 0.429. The van der Waals surface area contributed by atoms with Gasteiger partial charge in [-0.2, -0.15) is 12.6 Å². The minimum atomic E-state index is -1.61. The third-order valence-electron chi connectivity index (χ3n) is 4.85. The van der Waals surface area contributed by atoms with E-state index in [1.54, 1.807) is 0 Å². The molecular weight excluding hydrogens is 498 g/mol. The second-order valence-corrected chi connectivity index (χ2v) is 8.15. The minimum absolute atomic E-state index is 0.0639. The average molecular weight is 528 g/mol. The highest BCUT2D eigenvalue weighted by Crippen LogP contribution is 2.12. The van der Waals surface area contributed by atoms with Crippen molar-refractivity contribution in [2.24, 2.45) is 11.5 Å². The first-order valence-electron chi connectivity index (χ1n) is 10.6. The fourth-order valence-electron chi connectivity index (χ4n) is 2.91. The lowest BCUT2D eigenvalue weighted by atomic mass is 10.0. The molecule has 0 saturated heterocycles. The van der Waals surface area contributed by atoms with Gasteiger partial charge < -0.3 is 42.7 Å². The number of thiol groups is 1. The summed E-state index contributed by atoms with van der Waals surface area (Å²) in [5.74, 6) is -6.64. The second kappa shape index (κ2) is 14.5. The summed E-state index contributed by atoms with van der Waals surface area (Å²) in [6, 6.07) is -0.124. The molecule has 0 radical (unpaired) electrons. The molecule has 14 nitrogen and oxygen atoms in total. The molecule has 0 heterocycles. The van der Waals surface area contributed by atoms with Gasteiger partial charge in [-0.15, -0.1) is 0 Å². The number of amides is 4. The summed E-state index contributed by atoms with van der Waals surface area (Å²) in [6.07, 6.45) is -1.66. The normalized spacial score (nSPS) is 13.9. The number of hydrogen-bond donors (Lipinski definition) is 9. The van der Waals surface area contributed by atoms with Gasteiger partial charge in [0.15, 0.2) is 0 Å². The van der Waals surface area contributed by atoms with Crippen molar-refractivity contribution >= 4 is 48.2 Å². The first kappa shape index (κ1) is 30.2. The van der Waals surface area contributed by atoms with Crippen molar-refractivity contribution in [2.45, 2.75) is 49.9 Å². The van der Waals surface area contributed by atoms with Gasteiger partial charge in [-0.3, -0.25) is 24.0 Å². The number of hydrogen-bond acceptors (Lipinski definition) is 9. The highest BCUT2D eigenvalue weighted by atomic mass is 32.1. The third kappa shape index (κ3) is 10.6. The molecule has 4 atom stereocenters. The third-order valence-corrected chi connectivity index (χ3v) is 5.24. The number of primary amides is 1. The zero-order valence-corrected chi connectivity index (χ0v) is 19.9. The average Bonchev–Trinajstić information content (AvgIpc) is 2.80. The Morgan fingerprint density at radius 3 is 1.89 bits per heavy atom. The standard InChI is InChI=1S/C21H29N5O9S/c22-12(9-36)18(31)25-15(8-17(29)30)20(33)26-14(7-10-1-3-11(27)4-2-10)19(32)24-13(21(34)35)5-6-16(23)28/h1-4,12-15,27,36H,5-9,22H2,(H2,23,28)(H,24,32)(H,25,31)(H,26,33)(H,29,30)(H,34,35). The molecular formula is C21H29N5O9S. The molecule has 0 aliphatic carbocycles. The number of aromatic hydroxyl groups is 1. The summed E-state index contributed by atoms with van der Waals surface area (Å²) in [5, 5.41) is 34.7. The van der Waals surface area contributed by atoms with Crippen LogP contribution in [-0.4, -0.2) is 80.8 Å². The number of carbonyl (C=O) groups is 6. The lowest BCUT2D eigenvalue weighted by Gasteiger charge is -2.24. The summed E-state index contributed by atoms with van der Waals surface area (Å²) in [5.41, 5.74) is 11.0. The first-order chi connectivity index (χ1) is 16.8. The molecule has 1 aromatic carbocycles. The Balaban J connectivity index is 3.16. The topological polar surface area (TPSA) is 251 Å². The lowest BCUT2D eigenvalue weighted by Crippen LogP contribution is -2.58. The van der Waals surface area contributed by atoms with Gasteiger partial charge in [-0.05, 0) is 24.1 Å². The van der Waals surface area contributed by atoms with Crippen LogP contribution in [0.2, 0.25) is 0 Å². The van der Waals surface area contributed by atoms with Gasteiger partial charge in [-0.25, -0.2) is 4.79 Å². The molecule has 10 N–H and O–H groups in total. The smallest absolute Gasteiger partial charge is 0.326 e. The maximum absolute atomic E-state index is 12.9. The molecule has 15 heteroatoms. The minimum Gasteiger partial charge on any atom is -0.508 e. The Labute approximate surface area is 211 Å². The van der Waals surface area contributed by atoms with Gasteiger partial charge in [0.1, 0.15) is 23.9 Å². The molecule has 198 valence electrons. The van der Waals surface area contributed by atoms with E-state index in [1.807, 2.05) is 0 Å². The summed E-state index contributed by atoms with van der Waals surface area (Å²) in [6.45, 7) is 0. The van der Waals surface area contributed by atoms with E-state index in [4.69, 9.17) is 16.6 Å². The molecule has 1 aromatic rings. The van der Waals surface area contributed by atoms with E-state index in [-0.39, 0.29) is 30.8 Å². The highest BCUT2D eigenvalue weighted by molar-refractivity contribution is 7.80. The van der Waals surface area contributed by atoms with E-state index >= 15 is 0 Å². The number of aliphatic carboxylic acids is 2. The number of rotatable bonds is 15. The van der Waals surface area contributed by atoms with Crippen LogP contribution < -0.4 is 27.4 Å². The predicted octanol–water partition coefficient (Wildman–Crippen LogP) is -2.53. The molecule has 4 amide bonds. The second-order valence-electron chi connectivity index (χ2n) is 7.78. The van der Waals surface area contributed by atoms with Crippen molar-refractivity contribution in [3.05, 3.63) is 29.8 Å². The summed E-state index contributed by atoms with van der Waals surface area (Å²) in [4.78, 5) is 71.7. The van der Waals surface area contributed by atoms with Crippen molar-refractivity contribution in [1.29, 1.82) is 0 Å². The van der Waals surface area contributed by atoms with E-state index in [2.05, 4.69) is 28.6 Å². The highest BCUT2D eigenvalue weighted by Gasteiger charge is 2.31. The van der Waals surface area contributed by atoms with E-state index in [9.17, 15) is 39.0 Å². The van der Waals surface area contributed by atoms with Crippen molar-refractivity contribution in [1.82, 2.24) is 16.0 Å². The van der Waals surface area contributed by atoms with Gasteiger partial charge in [0.2, 0.25) is 23.6 Å². The SMILES string of the molecule is NC(=O)CCC(NC(=O)C(Cc1ccc(O)cc1)NC(=O)C(CC(=O)O)NC(=O)C(N)CS)C(=O)O. The molecule has 36 heavy (non-hydrogen) atoms. The molecule has 0 bridgehead atoms. The van der Waals surface area contributed by atoms with Crippen LogP contribution in [0.25, 0.3) is 0 Å². The number of benzene rings is 1. The number of phenols is 1. The van der Waals surface area contributed by atoms with Gasteiger partial charge >= 0.3 is 11.9 Å². The summed E-state index contributed by atoms with van der Waals surface area (Å²) in [7, 11) is 0. The maximum Gasteiger partial charge on any atom is 0.326 e. The van der Waals surface area contributed by atoms with Crippen LogP contribution in [-0.2, 0) is 35.2 Å². The molecule has 0 spiro atoms. The monoisotopic (exact) mass is 527 g/mol. The van der Waals surface area contributed by atoms with Crippen LogP contribution in [0.4, 0.5) is 0 Å². The molecule has 1 rings (SSSR count). The van der Waals surface area contributed by atoms with E-state index in [0.717, 1.165) is 0 Å². The van der Waals surface area contributed by atoms with Crippen molar-refractivity contribution in [3.8, 4) is 5.75 Å². The fourth-order valence-corrected chi connectivity index (χ4v) is 3.08. The van der Waals surface area contributed by atoms with Crippen LogP contribution in [0.15, 0.2) is 24.3 Å². The number of nitrogens with one attached hydrogen (secondary N) is 3. The molecule has 4 unspecified atom stereocenters. The van der Waals surface area contributed by atoms with Crippen molar-refractivity contribution in [3.63, 3.8) is 0 Å². The molecule has 0 saturated carbocycles. The Bertz CT molecular complexity index is 973. The Kier molecular flexibility index (Phi) is 12.2. The van der Waals surface area contributed by atoms with Crippen LogP contribution in [0.5, 0.6) is 5.75 Å². The van der Waals surface area contributed by atoms with Gasteiger partial charge in [0.25, 0.3) is 0 Å². The number of carbonyl (C=O) groups excluding carboxylic acids is 4. The van der Waals surface area contributed by atoms with E-state index in [0.29, 0.717) is 5.56 Å². The number of carboxylic acid groups (broad SMARTS) is 2. The molecule has 0 aromatic heterocycles. The van der Waals surface area contributed by atoms with E-state index in [1.165, 1.54) is 24.3 Å². The summed E-state index contributed by atoms with van der Waals surface area (Å²) >= 11 is 3.87. The number of nitrogens with two attached hydrogens (primary N) is 2. The zero-order chi connectivity index (χ0) is 27.4. The Morgan fingerprint density at radius 1 is 0.861 bits per heavy atom. The van der Waals surface area contributed by atoms with Gasteiger partial charge in [0, 0.05) is 18.6 Å². The van der Waals surface area contributed by atoms with Crippen LogP contribution >= 0.6 is 12.6 Å². The predicted molar refractivity (Wildman–Crippen MR) is 128 cm³/mol. The zero-order valence-electron chi connectivity index (χ0n) is 19.0. The summed E-state index contributed by atoms with van der Waals surface area (Å²) < 4.78 is 0. The quantitative estimate of drug-likeness (QED) is 0.108. The van der Waals surface area contributed by atoms with Crippen molar-refractivity contribution < 1.29 is 44.1 Å². The molecule has 0 fully saturated rings. The van der Waals surface area contributed by atoms with Crippen LogP contribution in [0, 0.1) is 0 Å². The van der Waals surface area contributed by atoms with E-state index < -0.39 is 66.2 Å². The Morgan fingerprint density at radius 2 is 1.39 bits per heavy atom. The largest absolute Gasteiger partial charge is 0.508 e. The van der Waals surface area contributed by atoms with Crippen molar-refractivity contribution in [2.75, 3.05) is 5.75 Å². The van der Waals surface area contributed by atoms with Gasteiger partial charge in [0.05, 0.1) is 12.5 Å². The number of carboxylic acids is 2. The lowest BCUT2D eigenvalue weighted by molar-refractivity contribution is -0.143. The van der Waals surface area contributed by atoms with Crippen LogP contribution in [0.3, 0.4) is 0 Å².